The first kappa shape index (κ1) is 13.1. The summed E-state index contributed by atoms with van der Waals surface area (Å²) >= 11 is 0. The van der Waals surface area contributed by atoms with Crippen molar-refractivity contribution in [2.75, 3.05) is 0 Å². The van der Waals surface area contributed by atoms with Gasteiger partial charge in [0.05, 0.1) is 5.52 Å². The fourth-order valence-corrected chi connectivity index (χ4v) is 3.04. The molecular formula is C17H20N2O. The van der Waals surface area contributed by atoms with E-state index in [2.05, 4.69) is 37.4 Å². The van der Waals surface area contributed by atoms with Gasteiger partial charge in [-0.1, -0.05) is 38.1 Å². The number of rotatable bonds is 3. The maximum atomic E-state index is 11.7. The van der Waals surface area contributed by atoms with Crippen LogP contribution in [0.5, 0.6) is 0 Å². The van der Waals surface area contributed by atoms with Crippen LogP contribution in [0.3, 0.4) is 0 Å². The summed E-state index contributed by atoms with van der Waals surface area (Å²) < 4.78 is 0. The van der Waals surface area contributed by atoms with E-state index in [0.29, 0.717) is 12.3 Å². The molecule has 0 bridgehead atoms. The minimum absolute atomic E-state index is 0.149. The Morgan fingerprint density at radius 3 is 2.85 bits per heavy atom. The number of nitrogens with zero attached hydrogens (tertiary/aromatic N) is 1. The summed E-state index contributed by atoms with van der Waals surface area (Å²) in [5.74, 6) is 0.923. The summed E-state index contributed by atoms with van der Waals surface area (Å²) in [4.78, 5) is 16.5. The highest BCUT2D eigenvalue weighted by Gasteiger charge is 2.34. The molecule has 1 fully saturated rings. The highest BCUT2D eigenvalue weighted by atomic mass is 16.2. The molecule has 2 heterocycles. The van der Waals surface area contributed by atoms with Gasteiger partial charge in [-0.3, -0.25) is 9.78 Å². The number of para-hydroxylation sites is 1. The molecule has 0 spiro atoms. The predicted octanol–water partition coefficient (Wildman–Crippen LogP) is 3.25. The standard InChI is InChI=1S/C17H20N2O/c1-11(2)9-16-13(10-17(20)19-16)15-8-7-12-5-3-4-6-14(12)18-15/h3-8,11,13,16H,9-10H2,1-2H3,(H,19,20). The van der Waals surface area contributed by atoms with Crippen LogP contribution >= 0.6 is 0 Å². The number of fused-ring (bicyclic) bond motifs is 1. The number of hydrogen-bond donors (Lipinski definition) is 1. The number of hydrogen-bond acceptors (Lipinski definition) is 2. The number of carbonyl (C=O) groups is 1. The summed E-state index contributed by atoms with van der Waals surface area (Å²) in [6.07, 6.45) is 1.56. The molecule has 20 heavy (non-hydrogen) atoms. The molecule has 1 aliphatic rings. The van der Waals surface area contributed by atoms with Gasteiger partial charge in [-0.25, -0.2) is 0 Å². The van der Waals surface area contributed by atoms with Crippen molar-refractivity contribution in [2.45, 2.75) is 38.6 Å². The van der Waals surface area contributed by atoms with Gasteiger partial charge in [-0.2, -0.15) is 0 Å². The molecule has 2 atom stereocenters. The molecule has 104 valence electrons. The van der Waals surface area contributed by atoms with Gasteiger partial charge in [0.15, 0.2) is 0 Å². The van der Waals surface area contributed by atoms with Crippen LogP contribution in [-0.4, -0.2) is 16.9 Å². The predicted molar refractivity (Wildman–Crippen MR) is 80.5 cm³/mol. The molecule has 1 N–H and O–H groups in total. The summed E-state index contributed by atoms with van der Waals surface area (Å²) in [5, 5.41) is 4.25. The Labute approximate surface area is 119 Å². The zero-order chi connectivity index (χ0) is 14.1. The fourth-order valence-electron chi connectivity index (χ4n) is 3.04. The molecule has 1 aliphatic heterocycles. The van der Waals surface area contributed by atoms with Gasteiger partial charge in [0.25, 0.3) is 0 Å². The average Bonchev–Trinajstić information content (AvgIpc) is 2.78. The van der Waals surface area contributed by atoms with Crippen LogP contribution in [0.2, 0.25) is 0 Å². The molecule has 1 amide bonds. The largest absolute Gasteiger partial charge is 0.353 e. The molecule has 3 heteroatoms. The van der Waals surface area contributed by atoms with Crippen LogP contribution in [-0.2, 0) is 4.79 Å². The molecule has 1 aromatic carbocycles. The fraction of sp³-hybridized carbons (Fsp3) is 0.412. The molecule has 0 radical (unpaired) electrons. The van der Waals surface area contributed by atoms with E-state index in [1.54, 1.807) is 0 Å². The third-order valence-electron chi connectivity index (χ3n) is 3.96. The smallest absolute Gasteiger partial charge is 0.220 e. The van der Waals surface area contributed by atoms with Crippen LogP contribution in [0.4, 0.5) is 0 Å². The molecule has 0 aliphatic carbocycles. The quantitative estimate of drug-likeness (QED) is 0.928. The minimum Gasteiger partial charge on any atom is -0.353 e. The van der Waals surface area contributed by atoms with Gasteiger partial charge in [-0.05, 0) is 24.5 Å². The Hall–Kier alpha value is -1.90. The van der Waals surface area contributed by atoms with E-state index < -0.39 is 0 Å². The topological polar surface area (TPSA) is 42.0 Å². The van der Waals surface area contributed by atoms with Crippen molar-refractivity contribution in [3.05, 3.63) is 42.1 Å². The molecule has 1 saturated heterocycles. The molecule has 2 unspecified atom stereocenters. The monoisotopic (exact) mass is 268 g/mol. The van der Waals surface area contributed by atoms with Crippen molar-refractivity contribution in [3.8, 4) is 0 Å². The summed E-state index contributed by atoms with van der Waals surface area (Å²) in [7, 11) is 0. The molecule has 1 aromatic heterocycles. The molecule has 2 aromatic rings. The van der Waals surface area contributed by atoms with Gasteiger partial charge in [0.2, 0.25) is 5.91 Å². The van der Waals surface area contributed by atoms with E-state index in [4.69, 9.17) is 4.98 Å². The van der Waals surface area contributed by atoms with Crippen molar-refractivity contribution < 1.29 is 4.79 Å². The normalized spacial score (nSPS) is 22.4. The van der Waals surface area contributed by atoms with E-state index in [-0.39, 0.29) is 17.9 Å². The van der Waals surface area contributed by atoms with Crippen LogP contribution in [0.15, 0.2) is 36.4 Å². The lowest BCUT2D eigenvalue weighted by Gasteiger charge is -2.20. The zero-order valence-electron chi connectivity index (χ0n) is 12.0. The van der Waals surface area contributed by atoms with Gasteiger partial charge >= 0.3 is 0 Å². The number of pyridine rings is 1. The Bertz CT molecular complexity index is 636. The number of amides is 1. The van der Waals surface area contributed by atoms with E-state index in [9.17, 15) is 4.79 Å². The lowest BCUT2D eigenvalue weighted by atomic mass is 9.90. The highest BCUT2D eigenvalue weighted by molar-refractivity contribution is 5.81. The second kappa shape index (κ2) is 5.23. The van der Waals surface area contributed by atoms with Gasteiger partial charge in [-0.15, -0.1) is 0 Å². The van der Waals surface area contributed by atoms with Crippen LogP contribution < -0.4 is 5.32 Å². The van der Waals surface area contributed by atoms with Crippen LogP contribution in [0, 0.1) is 5.92 Å². The third kappa shape index (κ3) is 2.53. The second-order valence-electron chi connectivity index (χ2n) is 6.04. The van der Waals surface area contributed by atoms with E-state index in [1.807, 2.05) is 18.2 Å². The lowest BCUT2D eigenvalue weighted by Crippen LogP contribution is -2.29. The van der Waals surface area contributed by atoms with Gasteiger partial charge < -0.3 is 5.32 Å². The lowest BCUT2D eigenvalue weighted by molar-refractivity contribution is -0.119. The van der Waals surface area contributed by atoms with Crippen molar-refractivity contribution in [1.29, 1.82) is 0 Å². The molecule has 3 nitrogen and oxygen atoms in total. The maximum Gasteiger partial charge on any atom is 0.220 e. The van der Waals surface area contributed by atoms with Crippen molar-refractivity contribution in [2.24, 2.45) is 5.92 Å². The van der Waals surface area contributed by atoms with E-state index in [1.165, 1.54) is 0 Å². The van der Waals surface area contributed by atoms with Gasteiger partial charge in [0, 0.05) is 29.5 Å². The van der Waals surface area contributed by atoms with Gasteiger partial charge in [0.1, 0.15) is 0 Å². The summed E-state index contributed by atoms with van der Waals surface area (Å²) in [6.45, 7) is 4.38. The SMILES string of the molecule is CC(C)CC1NC(=O)CC1c1ccc2ccccc2n1. The number of benzene rings is 1. The Morgan fingerprint density at radius 1 is 1.25 bits per heavy atom. The van der Waals surface area contributed by atoms with Crippen molar-refractivity contribution >= 4 is 16.8 Å². The second-order valence-corrected chi connectivity index (χ2v) is 6.04. The molecular weight excluding hydrogens is 248 g/mol. The Balaban J connectivity index is 1.93. The summed E-state index contributed by atoms with van der Waals surface area (Å²) in [5.41, 5.74) is 2.04. The first-order chi connectivity index (χ1) is 9.63. The van der Waals surface area contributed by atoms with E-state index >= 15 is 0 Å². The van der Waals surface area contributed by atoms with Crippen LogP contribution in [0.1, 0.15) is 38.3 Å². The number of carbonyl (C=O) groups excluding carboxylic acids is 1. The zero-order valence-corrected chi connectivity index (χ0v) is 12.0. The van der Waals surface area contributed by atoms with Crippen molar-refractivity contribution in [1.82, 2.24) is 10.3 Å². The molecule has 3 rings (SSSR count). The third-order valence-corrected chi connectivity index (χ3v) is 3.96. The minimum atomic E-state index is 0.149. The van der Waals surface area contributed by atoms with Crippen molar-refractivity contribution in [3.63, 3.8) is 0 Å². The number of nitrogens with one attached hydrogen (secondary N) is 1. The Kier molecular flexibility index (Phi) is 3.43. The first-order valence-electron chi connectivity index (χ1n) is 7.28. The number of aromatic nitrogens is 1. The summed E-state index contributed by atoms with van der Waals surface area (Å²) in [6, 6.07) is 12.5. The average molecular weight is 268 g/mol. The van der Waals surface area contributed by atoms with E-state index in [0.717, 1.165) is 23.0 Å². The highest BCUT2D eigenvalue weighted by Crippen LogP contribution is 2.31. The van der Waals surface area contributed by atoms with Crippen LogP contribution in [0.25, 0.3) is 10.9 Å². The first-order valence-corrected chi connectivity index (χ1v) is 7.28. The maximum absolute atomic E-state index is 11.7. The molecule has 0 saturated carbocycles. The Morgan fingerprint density at radius 2 is 2.05 bits per heavy atom.